The molecular formula is C15H12ClN3O. The molecule has 0 amide bonds. The zero-order valence-electron chi connectivity index (χ0n) is 10.6. The van der Waals surface area contributed by atoms with E-state index in [4.69, 9.17) is 17.3 Å². The summed E-state index contributed by atoms with van der Waals surface area (Å²) in [5.41, 5.74) is 8.19. The van der Waals surface area contributed by atoms with E-state index >= 15 is 0 Å². The number of nitrogens with two attached hydrogens (primary N) is 1. The average molecular weight is 286 g/mol. The second kappa shape index (κ2) is 4.98. The number of nitrogens with zero attached hydrogens (tertiary/aromatic N) is 2. The van der Waals surface area contributed by atoms with Gasteiger partial charge in [0.1, 0.15) is 0 Å². The quantitative estimate of drug-likeness (QED) is 0.737. The molecule has 5 heteroatoms. The second-order valence-corrected chi connectivity index (χ2v) is 4.96. The van der Waals surface area contributed by atoms with E-state index in [1.807, 2.05) is 24.3 Å². The average Bonchev–Trinajstić information content (AvgIpc) is 2.45. The lowest BCUT2D eigenvalue weighted by molar-refractivity contribution is 0.696. The lowest BCUT2D eigenvalue weighted by Crippen LogP contribution is -2.13. The number of nitrogen functional groups attached to an aromatic ring is 1. The SMILES string of the molecule is Nc1cc(Cl)ccc1Cn1ncc(=O)c2ccccc21. The van der Waals surface area contributed by atoms with Gasteiger partial charge in [0.25, 0.3) is 0 Å². The maximum atomic E-state index is 11.8. The molecule has 0 fully saturated rings. The molecule has 0 bridgehead atoms. The van der Waals surface area contributed by atoms with Gasteiger partial charge in [0.05, 0.1) is 18.3 Å². The number of aromatic nitrogens is 2. The van der Waals surface area contributed by atoms with Gasteiger partial charge in [-0.1, -0.05) is 29.8 Å². The monoisotopic (exact) mass is 285 g/mol. The summed E-state index contributed by atoms with van der Waals surface area (Å²) < 4.78 is 1.76. The molecular weight excluding hydrogens is 274 g/mol. The number of anilines is 1. The summed E-state index contributed by atoms with van der Waals surface area (Å²) in [6, 6.07) is 12.7. The third-order valence-corrected chi connectivity index (χ3v) is 3.43. The van der Waals surface area contributed by atoms with Crippen molar-refractivity contribution >= 4 is 28.2 Å². The van der Waals surface area contributed by atoms with Crippen molar-refractivity contribution in [3.8, 4) is 0 Å². The van der Waals surface area contributed by atoms with Crippen molar-refractivity contribution in [2.24, 2.45) is 0 Å². The molecule has 20 heavy (non-hydrogen) atoms. The minimum Gasteiger partial charge on any atom is -0.398 e. The largest absolute Gasteiger partial charge is 0.398 e. The Labute approximate surface area is 120 Å². The van der Waals surface area contributed by atoms with Gasteiger partial charge in [-0.3, -0.25) is 9.48 Å². The van der Waals surface area contributed by atoms with E-state index in [1.54, 1.807) is 22.9 Å². The highest BCUT2D eigenvalue weighted by Gasteiger charge is 2.06. The summed E-state index contributed by atoms with van der Waals surface area (Å²) in [6.45, 7) is 0.490. The van der Waals surface area contributed by atoms with Crippen LogP contribution in [0.15, 0.2) is 53.5 Å². The Morgan fingerprint density at radius 1 is 1.20 bits per heavy atom. The number of hydrogen-bond donors (Lipinski definition) is 1. The van der Waals surface area contributed by atoms with Crippen molar-refractivity contribution in [2.75, 3.05) is 5.73 Å². The maximum absolute atomic E-state index is 11.8. The second-order valence-electron chi connectivity index (χ2n) is 4.53. The molecule has 0 saturated carbocycles. The Morgan fingerprint density at radius 2 is 2.00 bits per heavy atom. The molecule has 0 atom stereocenters. The predicted octanol–water partition coefficient (Wildman–Crippen LogP) is 2.68. The van der Waals surface area contributed by atoms with Crippen LogP contribution in [0.4, 0.5) is 5.69 Å². The van der Waals surface area contributed by atoms with Gasteiger partial charge in [-0.2, -0.15) is 5.10 Å². The molecule has 0 aliphatic carbocycles. The molecule has 0 spiro atoms. The highest BCUT2D eigenvalue weighted by atomic mass is 35.5. The Hall–Kier alpha value is -2.33. The van der Waals surface area contributed by atoms with E-state index in [-0.39, 0.29) is 5.43 Å². The number of rotatable bonds is 2. The summed E-state index contributed by atoms with van der Waals surface area (Å²) in [4.78, 5) is 11.8. The van der Waals surface area contributed by atoms with Gasteiger partial charge in [0.2, 0.25) is 5.43 Å². The van der Waals surface area contributed by atoms with E-state index in [1.165, 1.54) is 6.20 Å². The highest BCUT2D eigenvalue weighted by molar-refractivity contribution is 6.30. The van der Waals surface area contributed by atoms with Gasteiger partial charge in [0, 0.05) is 16.1 Å². The zero-order chi connectivity index (χ0) is 14.1. The molecule has 0 saturated heterocycles. The van der Waals surface area contributed by atoms with Crippen molar-refractivity contribution in [1.29, 1.82) is 0 Å². The van der Waals surface area contributed by atoms with E-state index in [0.717, 1.165) is 11.1 Å². The van der Waals surface area contributed by atoms with E-state index in [0.29, 0.717) is 22.6 Å². The minimum atomic E-state index is -0.0825. The lowest BCUT2D eigenvalue weighted by atomic mass is 10.1. The number of hydrogen-bond acceptors (Lipinski definition) is 3. The fraction of sp³-hybridized carbons (Fsp3) is 0.0667. The number of benzene rings is 2. The molecule has 4 nitrogen and oxygen atoms in total. The first-order valence-electron chi connectivity index (χ1n) is 6.14. The fourth-order valence-corrected chi connectivity index (χ4v) is 2.34. The van der Waals surface area contributed by atoms with Crippen molar-refractivity contribution in [3.05, 3.63) is 69.5 Å². The summed E-state index contributed by atoms with van der Waals surface area (Å²) in [7, 11) is 0. The van der Waals surface area contributed by atoms with Crippen LogP contribution < -0.4 is 11.2 Å². The topological polar surface area (TPSA) is 60.9 Å². The van der Waals surface area contributed by atoms with Gasteiger partial charge in [0.15, 0.2) is 0 Å². The third kappa shape index (κ3) is 2.26. The van der Waals surface area contributed by atoms with Crippen LogP contribution in [0.5, 0.6) is 0 Å². The standard InChI is InChI=1S/C15H12ClN3O/c16-11-6-5-10(13(17)7-11)9-19-14-4-2-1-3-12(14)15(20)8-18-19/h1-8H,9,17H2. The number of fused-ring (bicyclic) bond motifs is 1. The van der Waals surface area contributed by atoms with Crippen LogP contribution in [0.25, 0.3) is 10.9 Å². The Morgan fingerprint density at radius 3 is 2.80 bits per heavy atom. The van der Waals surface area contributed by atoms with Gasteiger partial charge in [-0.25, -0.2) is 0 Å². The van der Waals surface area contributed by atoms with E-state index in [9.17, 15) is 4.79 Å². The van der Waals surface area contributed by atoms with Crippen LogP contribution >= 0.6 is 11.6 Å². The predicted molar refractivity (Wildman–Crippen MR) is 81.0 cm³/mol. The minimum absolute atomic E-state index is 0.0825. The van der Waals surface area contributed by atoms with Crippen LogP contribution in [0.1, 0.15) is 5.56 Å². The van der Waals surface area contributed by atoms with E-state index < -0.39 is 0 Å². The fourth-order valence-electron chi connectivity index (χ4n) is 2.16. The van der Waals surface area contributed by atoms with Crippen LogP contribution in [0, 0.1) is 0 Å². The molecule has 2 N–H and O–H groups in total. The molecule has 0 unspecified atom stereocenters. The zero-order valence-corrected chi connectivity index (χ0v) is 11.3. The normalized spacial score (nSPS) is 10.8. The highest BCUT2D eigenvalue weighted by Crippen LogP contribution is 2.19. The van der Waals surface area contributed by atoms with Gasteiger partial charge in [-0.05, 0) is 29.8 Å². The van der Waals surface area contributed by atoms with Crippen molar-refractivity contribution in [2.45, 2.75) is 6.54 Å². The van der Waals surface area contributed by atoms with Gasteiger partial charge in [-0.15, -0.1) is 0 Å². The van der Waals surface area contributed by atoms with Crippen molar-refractivity contribution < 1.29 is 0 Å². The van der Waals surface area contributed by atoms with Gasteiger partial charge < -0.3 is 5.73 Å². The smallest absolute Gasteiger partial charge is 0.207 e. The van der Waals surface area contributed by atoms with Crippen LogP contribution in [0.2, 0.25) is 5.02 Å². The maximum Gasteiger partial charge on any atom is 0.207 e. The van der Waals surface area contributed by atoms with Crippen molar-refractivity contribution in [3.63, 3.8) is 0 Å². The molecule has 0 aliphatic heterocycles. The molecule has 0 aliphatic rings. The van der Waals surface area contributed by atoms with E-state index in [2.05, 4.69) is 5.10 Å². The molecule has 100 valence electrons. The molecule has 2 aromatic carbocycles. The molecule has 1 heterocycles. The van der Waals surface area contributed by atoms with Crippen LogP contribution in [0.3, 0.4) is 0 Å². The first-order chi connectivity index (χ1) is 9.65. The molecule has 0 radical (unpaired) electrons. The first-order valence-corrected chi connectivity index (χ1v) is 6.52. The molecule has 3 rings (SSSR count). The summed E-state index contributed by atoms with van der Waals surface area (Å²) in [6.07, 6.45) is 1.33. The van der Waals surface area contributed by atoms with Crippen LogP contribution in [-0.2, 0) is 6.54 Å². The Kier molecular flexibility index (Phi) is 3.16. The number of halogens is 1. The summed E-state index contributed by atoms with van der Waals surface area (Å²) >= 11 is 5.89. The Bertz CT molecular complexity index is 842. The molecule has 1 aromatic heterocycles. The third-order valence-electron chi connectivity index (χ3n) is 3.19. The Balaban J connectivity index is 2.11. The number of para-hydroxylation sites is 1. The van der Waals surface area contributed by atoms with Crippen LogP contribution in [-0.4, -0.2) is 9.78 Å². The van der Waals surface area contributed by atoms with Crippen molar-refractivity contribution in [1.82, 2.24) is 9.78 Å². The first kappa shape index (κ1) is 12.7. The summed E-state index contributed by atoms with van der Waals surface area (Å²) in [5, 5.41) is 5.43. The molecule has 3 aromatic rings. The lowest BCUT2D eigenvalue weighted by Gasteiger charge is -2.11. The van der Waals surface area contributed by atoms with Gasteiger partial charge >= 0.3 is 0 Å². The summed E-state index contributed by atoms with van der Waals surface area (Å²) in [5.74, 6) is 0.